The minimum absolute atomic E-state index is 0.0336. The molecule has 0 aliphatic carbocycles. The van der Waals surface area contributed by atoms with Crippen molar-refractivity contribution in [1.82, 2.24) is 24.6 Å². The molecule has 1 amide bonds. The number of para-hydroxylation sites is 1. The first kappa shape index (κ1) is 20.8. The minimum atomic E-state index is -1.11. The van der Waals surface area contributed by atoms with E-state index in [-0.39, 0.29) is 17.8 Å². The molecule has 1 atom stereocenters. The van der Waals surface area contributed by atoms with Crippen LogP contribution in [0.15, 0.2) is 78.1 Å². The zero-order chi connectivity index (χ0) is 22.7. The molecular formula is C22H18FN5O4. The highest BCUT2D eigenvalue weighted by molar-refractivity contribution is 5.92. The number of aliphatic carboxylic acids is 1. The number of benzene rings is 2. The number of imidazole rings is 1. The second kappa shape index (κ2) is 8.72. The lowest BCUT2D eigenvalue weighted by molar-refractivity contribution is -0.137. The first-order valence-corrected chi connectivity index (χ1v) is 9.60. The van der Waals surface area contributed by atoms with Crippen LogP contribution in [-0.2, 0) is 4.79 Å². The molecule has 0 aliphatic rings. The number of hydrogen-bond acceptors (Lipinski definition) is 4. The first-order chi connectivity index (χ1) is 15.4. The number of H-pyrrole nitrogens is 1. The van der Waals surface area contributed by atoms with Crippen molar-refractivity contribution in [3.8, 4) is 11.4 Å². The Morgan fingerprint density at radius 1 is 1.16 bits per heavy atom. The van der Waals surface area contributed by atoms with Gasteiger partial charge in [-0.25, -0.2) is 14.1 Å². The van der Waals surface area contributed by atoms with Gasteiger partial charge in [-0.15, -0.1) is 0 Å². The number of rotatable bonds is 7. The van der Waals surface area contributed by atoms with Crippen molar-refractivity contribution in [3.63, 3.8) is 0 Å². The molecule has 4 rings (SSSR count). The first-order valence-electron chi connectivity index (χ1n) is 9.60. The Morgan fingerprint density at radius 3 is 2.56 bits per heavy atom. The fourth-order valence-electron chi connectivity index (χ4n) is 3.28. The van der Waals surface area contributed by atoms with Crippen LogP contribution < -0.4 is 10.9 Å². The van der Waals surface area contributed by atoms with Gasteiger partial charge in [0.2, 0.25) is 0 Å². The third-order valence-electron chi connectivity index (χ3n) is 4.84. The van der Waals surface area contributed by atoms with E-state index in [0.29, 0.717) is 5.56 Å². The van der Waals surface area contributed by atoms with Crippen molar-refractivity contribution in [2.75, 3.05) is 0 Å². The number of carbonyl (C=O) groups is 2. The van der Waals surface area contributed by atoms with Gasteiger partial charge in [0.1, 0.15) is 17.2 Å². The van der Waals surface area contributed by atoms with E-state index in [1.54, 1.807) is 53.6 Å². The summed E-state index contributed by atoms with van der Waals surface area (Å²) in [5, 5.41) is 14.5. The SMILES string of the molecule is O=C(O)CC(NC(=O)c1cc(=O)n(-c2ccccc2F)[nH]1)c1ccc(-n2ccnc2)cc1. The summed E-state index contributed by atoms with van der Waals surface area (Å²) in [6.07, 6.45) is 4.66. The van der Waals surface area contributed by atoms with E-state index in [1.165, 1.54) is 18.2 Å². The van der Waals surface area contributed by atoms with E-state index in [2.05, 4.69) is 15.4 Å². The van der Waals surface area contributed by atoms with Gasteiger partial charge in [0.15, 0.2) is 0 Å². The lowest BCUT2D eigenvalue weighted by Gasteiger charge is -2.17. The van der Waals surface area contributed by atoms with Crippen molar-refractivity contribution >= 4 is 11.9 Å². The second-order valence-corrected chi connectivity index (χ2v) is 6.98. The van der Waals surface area contributed by atoms with Gasteiger partial charge in [0, 0.05) is 24.1 Å². The van der Waals surface area contributed by atoms with Gasteiger partial charge in [0.05, 0.1) is 18.8 Å². The highest BCUT2D eigenvalue weighted by Gasteiger charge is 2.21. The van der Waals surface area contributed by atoms with Gasteiger partial charge in [-0.1, -0.05) is 24.3 Å². The minimum Gasteiger partial charge on any atom is -0.481 e. The van der Waals surface area contributed by atoms with Crippen molar-refractivity contribution < 1.29 is 19.1 Å². The molecule has 9 nitrogen and oxygen atoms in total. The van der Waals surface area contributed by atoms with Crippen LogP contribution in [0.3, 0.4) is 0 Å². The Labute approximate surface area is 180 Å². The molecular weight excluding hydrogens is 417 g/mol. The summed E-state index contributed by atoms with van der Waals surface area (Å²) >= 11 is 0. The summed E-state index contributed by atoms with van der Waals surface area (Å²) in [7, 11) is 0. The molecule has 2 aromatic carbocycles. The van der Waals surface area contributed by atoms with E-state index in [4.69, 9.17) is 0 Å². The van der Waals surface area contributed by atoms with Gasteiger partial charge in [-0.05, 0) is 29.8 Å². The smallest absolute Gasteiger partial charge is 0.305 e. The summed E-state index contributed by atoms with van der Waals surface area (Å²) in [4.78, 5) is 40.4. The summed E-state index contributed by atoms with van der Waals surface area (Å²) in [5.74, 6) is -2.43. The number of carboxylic acid groups (broad SMARTS) is 1. The van der Waals surface area contributed by atoms with Crippen molar-refractivity contribution in [2.24, 2.45) is 0 Å². The maximum Gasteiger partial charge on any atom is 0.305 e. The van der Waals surface area contributed by atoms with Crippen LogP contribution in [0.1, 0.15) is 28.5 Å². The third kappa shape index (κ3) is 4.33. The molecule has 0 fully saturated rings. The fraction of sp³-hybridized carbons (Fsp3) is 0.0909. The average molecular weight is 435 g/mol. The van der Waals surface area contributed by atoms with Crippen LogP contribution in [0.4, 0.5) is 4.39 Å². The van der Waals surface area contributed by atoms with Crippen LogP contribution in [0.25, 0.3) is 11.4 Å². The number of nitrogens with zero attached hydrogens (tertiary/aromatic N) is 3. The van der Waals surface area contributed by atoms with E-state index in [0.717, 1.165) is 16.4 Å². The van der Waals surface area contributed by atoms with Crippen molar-refractivity contribution in [1.29, 1.82) is 0 Å². The molecule has 32 heavy (non-hydrogen) atoms. The maximum atomic E-state index is 14.0. The maximum absolute atomic E-state index is 14.0. The van der Waals surface area contributed by atoms with Crippen molar-refractivity contribution in [2.45, 2.75) is 12.5 Å². The molecule has 0 bridgehead atoms. The van der Waals surface area contributed by atoms with Crippen LogP contribution in [0.2, 0.25) is 0 Å². The Balaban J connectivity index is 1.58. The molecule has 0 saturated carbocycles. The second-order valence-electron chi connectivity index (χ2n) is 6.98. The van der Waals surface area contributed by atoms with E-state index in [9.17, 15) is 23.9 Å². The van der Waals surface area contributed by atoms with Gasteiger partial charge in [-0.3, -0.25) is 19.5 Å². The topological polar surface area (TPSA) is 122 Å². The Hall–Kier alpha value is -4.47. The molecule has 2 heterocycles. The molecule has 2 aromatic heterocycles. The fourth-order valence-corrected chi connectivity index (χ4v) is 3.28. The zero-order valence-electron chi connectivity index (χ0n) is 16.6. The Bertz CT molecular complexity index is 1310. The van der Waals surface area contributed by atoms with Crippen molar-refractivity contribution in [3.05, 3.63) is 101 Å². The van der Waals surface area contributed by atoms with Gasteiger partial charge in [-0.2, -0.15) is 0 Å². The third-order valence-corrected chi connectivity index (χ3v) is 4.84. The monoisotopic (exact) mass is 435 g/mol. The van der Waals surface area contributed by atoms with Crippen LogP contribution in [0, 0.1) is 5.82 Å². The highest BCUT2D eigenvalue weighted by atomic mass is 19.1. The van der Waals surface area contributed by atoms with Gasteiger partial charge < -0.3 is 15.0 Å². The van der Waals surface area contributed by atoms with Crippen LogP contribution in [0.5, 0.6) is 0 Å². The quantitative estimate of drug-likeness (QED) is 0.412. The van der Waals surface area contributed by atoms with E-state index < -0.39 is 29.3 Å². The van der Waals surface area contributed by atoms with Crippen LogP contribution in [-0.4, -0.2) is 36.3 Å². The molecule has 0 saturated heterocycles. The lowest BCUT2D eigenvalue weighted by Crippen LogP contribution is -2.30. The normalized spacial score (nSPS) is 11.8. The van der Waals surface area contributed by atoms with E-state index in [1.807, 2.05) is 0 Å². The molecule has 4 aromatic rings. The highest BCUT2D eigenvalue weighted by Crippen LogP contribution is 2.20. The number of amides is 1. The summed E-state index contributed by atoms with van der Waals surface area (Å²) in [6, 6.07) is 12.8. The number of carboxylic acids is 1. The summed E-state index contributed by atoms with van der Waals surface area (Å²) < 4.78 is 16.7. The summed E-state index contributed by atoms with van der Waals surface area (Å²) in [6.45, 7) is 0. The van der Waals surface area contributed by atoms with Crippen LogP contribution >= 0.6 is 0 Å². The number of hydrogen-bond donors (Lipinski definition) is 3. The molecule has 162 valence electrons. The predicted molar refractivity (Wildman–Crippen MR) is 112 cm³/mol. The molecule has 10 heteroatoms. The Morgan fingerprint density at radius 2 is 1.91 bits per heavy atom. The molecule has 3 N–H and O–H groups in total. The predicted octanol–water partition coefficient (Wildman–Crippen LogP) is 2.44. The summed E-state index contributed by atoms with van der Waals surface area (Å²) in [5.41, 5.74) is 0.607. The number of nitrogens with one attached hydrogen (secondary N) is 2. The number of aromatic amines is 1. The Kier molecular flexibility index (Phi) is 5.67. The molecule has 0 radical (unpaired) electrons. The largest absolute Gasteiger partial charge is 0.481 e. The molecule has 0 aliphatic heterocycles. The number of halogens is 1. The van der Waals surface area contributed by atoms with Gasteiger partial charge in [0.25, 0.3) is 11.5 Å². The molecule has 0 spiro atoms. The molecule has 1 unspecified atom stereocenters. The average Bonchev–Trinajstić information content (AvgIpc) is 3.44. The number of aromatic nitrogens is 4. The lowest BCUT2D eigenvalue weighted by atomic mass is 10.0. The van der Waals surface area contributed by atoms with E-state index >= 15 is 0 Å². The van der Waals surface area contributed by atoms with Gasteiger partial charge >= 0.3 is 5.97 Å². The zero-order valence-corrected chi connectivity index (χ0v) is 16.6. The number of carbonyl (C=O) groups excluding carboxylic acids is 1. The standard InChI is InChI=1S/C22H18FN5O4/c23-16-3-1-2-4-19(16)28-20(29)11-18(26-28)22(32)25-17(12-21(30)31)14-5-7-15(8-6-14)27-10-9-24-13-27/h1-11,13,17,26H,12H2,(H,25,32)(H,30,31).